The van der Waals surface area contributed by atoms with E-state index in [2.05, 4.69) is 10.3 Å². The lowest BCUT2D eigenvalue weighted by Gasteiger charge is -2.20. The Labute approximate surface area is 127 Å². The van der Waals surface area contributed by atoms with E-state index in [1.807, 2.05) is 43.5 Å². The van der Waals surface area contributed by atoms with Gasteiger partial charge in [0, 0.05) is 16.9 Å². The predicted octanol–water partition coefficient (Wildman–Crippen LogP) is 2.18. The average Bonchev–Trinajstić information content (AvgIpc) is 2.99. The molecule has 1 aromatic heterocycles. The van der Waals surface area contributed by atoms with Crippen molar-refractivity contribution in [2.24, 2.45) is 0 Å². The number of hydrogen-bond acceptors (Lipinski definition) is 5. The van der Waals surface area contributed by atoms with E-state index in [9.17, 15) is 9.90 Å². The zero-order chi connectivity index (χ0) is 15.2. The van der Waals surface area contributed by atoms with Crippen molar-refractivity contribution >= 4 is 17.7 Å². The van der Waals surface area contributed by atoms with Gasteiger partial charge in [0.05, 0.1) is 6.61 Å². The fraction of sp³-hybridized carbons (Fsp3) is 0.333. The summed E-state index contributed by atoms with van der Waals surface area (Å²) in [7, 11) is 0. The number of thioether (sulfide) groups is 1. The largest absolute Gasteiger partial charge is 0.444 e. The van der Waals surface area contributed by atoms with Crippen LogP contribution in [0.4, 0.5) is 0 Å². The Balaban J connectivity index is 2.06. The lowest BCUT2D eigenvalue weighted by Crippen LogP contribution is -2.41. The molecule has 0 saturated carbocycles. The minimum Gasteiger partial charge on any atom is -0.444 e. The van der Waals surface area contributed by atoms with E-state index in [1.165, 1.54) is 18.0 Å². The second-order valence-electron chi connectivity index (χ2n) is 4.62. The van der Waals surface area contributed by atoms with Crippen molar-refractivity contribution < 1.29 is 14.3 Å². The van der Waals surface area contributed by atoms with Gasteiger partial charge in [-0.05, 0) is 25.3 Å². The highest BCUT2D eigenvalue weighted by Crippen LogP contribution is 2.18. The lowest BCUT2D eigenvalue weighted by molar-refractivity contribution is 0.0931. The first-order valence-electron chi connectivity index (χ1n) is 6.61. The van der Waals surface area contributed by atoms with Crippen molar-refractivity contribution in [3.05, 3.63) is 42.3 Å². The molecule has 6 heteroatoms. The van der Waals surface area contributed by atoms with E-state index >= 15 is 0 Å². The molecule has 21 heavy (non-hydrogen) atoms. The molecule has 2 aromatic rings. The van der Waals surface area contributed by atoms with Crippen molar-refractivity contribution in [3.63, 3.8) is 0 Å². The lowest BCUT2D eigenvalue weighted by atomic mass is 10.2. The zero-order valence-corrected chi connectivity index (χ0v) is 12.8. The van der Waals surface area contributed by atoms with Crippen LogP contribution < -0.4 is 5.32 Å². The van der Waals surface area contributed by atoms with Gasteiger partial charge in [-0.15, -0.1) is 0 Å². The number of nitrogens with zero attached hydrogens (tertiary/aromatic N) is 1. The summed E-state index contributed by atoms with van der Waals surface area (Å²) in [4.78, 5) is 16.3. The van der Waals surface area contributed by atoms with Gasteiger partial charge in [0.2, 0.25) is 5.89 Å². The molecule has 5 nitrogen and oxygen atoms in total. The number of hydrogen-bond donors (Lipinski definition) is 2. The van der Waals surface area contributed by atoms with Gasteiger partial charge < -0.3 is 14.8 Å². The third-order valence-corrected chi connectivity index (χ3v) is 4.32. The van der Waals surface area contributed by atoms with Crippen LogP contribution in [0, 0.1) is 0 Å². The Hall–Kier alpha value is -1.79. The number of carbonyl (C=O) groups excluding carboxylic acids is 1. The van der Waals surface area contributed by atoms with E-state index in [0.717, 1.165) is 5.56 Å². The molecular weight excluding hydrogens is 288 g/mol. The Morgan fingerprint density at radius 1 is 1.43 bits per heavy atom. The van der Waals surface area contributed by atoms with Crippen LogP contribution in [0.25, 0.3) is 11.5 Å². The van der Waals surface area contributed by atoms with Gasteiger partial charge in [0.15, 0.2) is 5.69 Å². The highest BCUT2D eigenvalue weighted by Gasteiger charge is 2.20. The number of aliphatic hydroxyl groups excluding tert-OH is 1. The molecule has 2 unspecified atom stereocenters. The maximum absolute atomic E-state index is 12.1. The second kappa shape index (κ2) is 7.28. The van der Waals surface area contributed by atoms with E-state index in [0.29, 0.717) is 5.89 Å². The molecule has 112 valence electrons. The van der Waals surface area contributed by atoms with E-state index in [-0.39, 0.29) is 29.5 Å². The molecule has 2 rings (SSSR count). The van der Waals surface area contributed by atoms with Crippen LogP contribution in [0.1, 0.15) is 17.4 Å². The molecule has 2 atom stereocenters. The summed E-state index contributed by atoms with van der Waals surface area (Å²) in [5.74, 6) is 0.109. The predicted molar refractivity (Wildman–Crippen MR) is 83.3 cm³/mol. The van der Waals surface area contributed by atoms with Gasteiger partial charge in [-0.3, -0.25) is 4.79 Å². The van der Waals surface area contributed by atoms with Crippen LogP contribution >= 0.6 is 11.8 Å². The molecule has 1 amide bonds. The Bertz CT molecular complexity index is 582. The van der Waals surface area contributed by atoms with Gasteiger partial charge in [-0.25, -0.2) is 4.98 Å². The molecule has 0 fully saturated rings. The number of benzene rings is 1. The summed E-state index contributed by atoms with van der Waals surface area (Å²) in [5.41, 5.74) is 1.06. The van der Waals surface area contributed by atoms with Crippen LogP contribution in [0.3, 0.4) is 0 Å². The van der Waals surface area contributed by atoms with Crippen LogP contribution in [0.5, 0.6) is 0 Å². The second-order valence-corrected chi connectivity index (χ2v) is 5.70. The van der Waals surface area contributed by atoms with E-state index < -0.39 is 0 Å². The Morgan fingerprint density at radius 2 is 2.14 bits per heavy atom. The van der Waals surface area contributed by atoms with Crippen molar-refractivity contribution in [2.45, 2.75) is 18.2 Å². The number of carbonyl (C=O) groups is 1. The first kappa shape index (κ1) is 15.6. The molecule has 0 aliphatic rings. The molecule has 0 radical (unpaired) electrons. The molecule has 0 saturated heterocycles. The molecule has 0 aliphatic carbocycles. The summed E-state index contributed by atoms with van der Waals surface area (Å²) in [6, 6.07) is 9.24. The third-order valence-electron chi connectivity index (χ3n) is 3.16. The Kier molecular flexibility index (Phi) is 5.41. The molecule has 0 bridgehead atoms. The van der Waals surface area contributed by atoms with Crippen LogP contribution in [-0.4, -0.2) is 40.2 Å². The van der Waals surface area contributed by atoms with Gasteiger partial charge >= 0.3 is 0 Å². The van der Waals surface area contributed by atoms with Crippen molar-refractivity contribution in [2.75, 3.05) is 12.9 Å². The van der Waals surface area contributed by atoms with Gasteiger partial charge in [-0.1, -0.05) is 18.2 Å². The van der Waals surface area contributed by atoms with Crippen molar-refractivity contribution in [1.82, 2.24) is 10.3 Å². The van der Waals surface area contributed by atoms with E-state index in [1.54, 1.807) is 0 Å². The molecule has 1 heterocycles. The summed E-state index contributed by atoms with van der Waals surface area (Å²) in [6.45, 7) is 1.87. The highest BCUT2D eigenvalue weighted by molar-refractivity contribution is 7.99. The first-order valence-corrected chi connectivity index (χ1v) is 7.90. The molecule has 2 N–H and O–H groups in total. The number of amides is 1. The van der Waals surface area contributed by atoms with Crippen LogP contribution in [-0.2, 0) is 0 Å². The summed E-state index contributed by atoms with van der Waals surface area (Å²) in [5, 5.41) is 12.0. The van der Waals surface area contributed by atoms with Gasteiger partial charge in [0.25, 0.3) is 5.91 Å². The summed E-state index contributed by atoms with van der Waals surface area (Å²) in [6.07, 6.45) is 3.24. The standard InChI is InChI=1S/C15H18N2O3S/c1-10(13(8-18)21-2)16-14(19)12-9-20-15(17-12)11-6-4-3-5-7-11/h3-7,9-10,13,18H,8H2,1-2H3,(H,16,19). The minimum absolute atomic E-state index is 0.0106. The molecular formula is C15H18N2O3S. The fourth-order valence-electron chi connectivity index (χ4n) is 1.90. The number of aromatic nitrogens is 1. The van der Waals surface area contributed by atoms with Crippen molar-refractivity contribution in [1.29, 1.82) is 0 Å². The SMILES string of the molecule is CSC(CO)C(C)NC(=O)c1coc(-c2ccccc2)n1. The molecule has 0 aliphatic heterocycles. The fourth-order valence-corrected chi connectivity index (χ4v) is 2.53. The monoisotopic (exact) mass is 306 g/mol. The normalized spacial score (nSPS) is 13.7. The third kappa shape index (κ3) is 3.86. The first-order chi connectivity index (χ1) is 10.2. The van der Waals surface area contributed by atoms with Gasteiger partial charge in [0.1, 0.15) is 6.26 Å². The number of aliphatic hydroxyl groups is 1. The molecule has 1 aromatic carbocycles. The zero-order valence-electron chi connectivity index (χ0n) is 11.9. The average molecular weight is 306 g/mol. The number of oxazole rings is 1. The highest BCUT2D eigenvalue weighted by atomic mass is 32.2. The summed E-state index contributed by atoms with van der Waals surface area (Å²) >= 11 is 1.51. The van der Waals surface area contributed by atoms with Crippen LogP contribution in [0.2, 0.25) is 0 Å². The van der Waals surface area contributed by atoms with Gasteiger partial charge in [-0.2, -0.15) is 11.8 Å². The topological polar surface area (TPSA) is 75.4 Å². The number of rotatable bonds is 6. The summed E-state index contributed by atoms with van der Waals surface area (Å²) < 4.78 is 5.34. The van der Waals surface area contributed by atoms with Crippen LogP contribution in [0.15, 0.2) is 41.0 Å². The van der Waals surface area contributed by atoms with E-state index in [4.69, 9.17) is 4.42 Å². The quantitative estimate of drug-likeness (QED) is 0.855. The molecule has 0 spiro atoms. The number of nitrogens with one attached hydrogen (secondary N) is 1. The Morgan fingerprint density at radius 3 is 2.76 bits per heavy atom. The maximum Gasteiger partial charge on any atom is 0.273 e. The van der Waals surface area contributed by atoms with Crippen molar-refractivity contribution in [3.8, 4) is 11.5 Å². The minimum atomic E-state index is -0.305. The maximum atomic E-state index is 12.1. The smallest absolute Gasteiger partial charge is 0.273 e.